The summed E-state index contributed by atoms with van der Waals surface area (Å²) >= 11 is 0. The van der Waals surface area contributed by atoms with E-state index in [1.54, 1.807) is 0 Å². The summed E-state index contributed by atoms with van der Waals surface area (Å²) in [6.07, 6.45) is 12.3. The fourth-order valence-corrected chi connectivity index (χ4v) is 7.85. The number of ketones is 1. The highest BCUT2D eigenvalue weighted by Gasteiger charge is 2.66. The lowest BCUT2D eigenvalue weighted by Gasteiger charge is -2.59. The molecule has 0 N–H and O–H groups in total. The van der Waals surface area contributed by atoms with Crippen LogP contribution in [0.2, 0.25) is 0 Å². The van der Waals surface area contributed by atoms with Crippen LogP contribution in [0.1, 0.15) is 78.1 Å². The first kappa shape index (κ1) is 16.1. The largest absolute Gasteiger partial charge is 0.458 e. The van der Waals surface area contributed by atoms with Crippen molar-refractivity contribution in [2.75, 3.05) is 0 Å². The molecular formula is C22H30O3. The van der Waals surface area contributed by atoms with Crippen LogP contribution in [-0.4, -0.2) is 17.4 Å². The zero-order valence-electron chi connectivity index (χ0n) is 15.6. The highest BCUT2D eigenvalue weighted by Crippen LogP contribution is 2.69. The molecule has 5 rings (SSSR count). The van der Waals surface area contributed by atoms with Gasteiger partial charge in [0.15, 0.2) is 5.78 Å². The van der Waals surface area contributed by atoms with Crippen molar-refractivity contribution in [1.29, 1.82) is 0 Å². The van der Waals surface area contributed by atoms with Crippen molar-refractivity contribution in [3.05, 3.63) is 11.6 Å². The minimum absolute atomic E-state index is 0.0237. The van der Waals surface area contributed by atoms with Crippen molar-refractivity contribution in [2.24, 2.45) is 28.6 Å². The van der Waals surface area contributed by atoms with E-state index in [1.807, 2.05) is 6.08 Å². The maximum atomic E-state index is 11.9. The molecule has 0 aromatic heterocycles. The molecule has 25 heavy (non-hydrogen) atoms. The molecule has 0 unspecified atom stereocenters. The van der Waals surface area contributed by atoms with Crippen LogP contribution in [0, 0.1) is 28.6 Å². The normalized spacial score (nSPS) is 51.6. The molecule has 0 aromatic carbocycles. The summed E-state index contributed by atoms with van der Waals surface area (Å²) in [5.41, 5.74) is 1.68. The predicted octanol–water partition coefficient (Wildman–Crippen LogP) is 4.59. The van der Waals surface area contributed by atoms with E-state index in [-0.39, 0.29) is 22.4 Å². The van der Waals surface area contributed by atoms with Gasteiger partial charge in [0.25, 0.3) is 0 Å². The molecule has 3 nitrogen and oxygen atoms in total. The fraction of sp³-hybridized carbons (Fsp3) is 0.818. The SMILES string of the molecule is C[C@]12CC[C@H]3[C@@H](CCC4=CC(=O)CC[C@]43C)[C@@H]1CC[C@@]21CCC(=O)O1. The van der Waals surface area contributed by atoms with Crippen molar-refractivity contribution in [1.82, 2.24) is 0 Å². The van der Waals surface area contributed by atoms with Crippen molar-refractivity contribution in [3.8, 4) is 0 Å². The monoisotopic (exact) mass is 342 g/mol. The lowest BCUT2D eigenvalue weighted by Crippen LogP contribution is -2.54. The number of hydrogen-bond donors (Lipinski definition) is 0. The molecule has 1 spiro atoms. The smallest absolute Gasteiger partial charge is 0.306 e. The highest BCUT2D eigenvalue weighted by atomic mass is 16.6. The maximum absolute atomic E-state index is 11.9. The molecule has 3 saturated carbocycles. The number of carbonyl (C=O) groups excluding carboxylic acids is 2. The minimum atomic E-state index is -0.167. The second-order valence-electron chi connectivity index (χ2n) is 9.93. The van der Waals surface area contributed by atoms with Gasteiger partial charge in [-0.1, -0.05) is 19.4 Å². The van der Waals surface area contributed by atoms with Crippen LogP contribution < -0.4 is 0 Å². The van der Waals surface area contributed by atoms with E-state index in [0.29, 0.717) is 24.0 Å². The standard InChI is InChI=1S/C22H30O3/c1-20-9-5-15(23)13-14(20)3-4-16-17(20)6-10-21(2)18(16)7-11-22(21)12-8-19(24)25-22/h13,16-18H,3-12H2,1-2H3/t16-,17+,18+,20-,21+,22-/m1/s1. The van der Waals surface area contributed by atoms with Gasteiger partial charge in [-0.15, -0.1) is 0 Å². The summed E-state index contributed by atoms with van der Waals surface area (Å²) in [7, 11) is 0. The van der Waals surface area contributed by atoms with Crippen LogP contribution in [0.15, 0.2) is 11.6 Å². The van der Waals surface area contributed by atoms with Crippen LogP contribution in [0.4, 0.5) is 0 Å². The van der Waals surface area contributed by atoms with E-state index < -0.39 is 0 Å². The van der Waals surface area contributed by atoms with Gasteiger partial charge in [0.1, 0.15) is 5.60 Å². The lowest BCUT2D eigenvalue weighted by molar-refractivity contribution is -0.168. The first-order valence-corrected chi connectivity index (χ1v) is 10.3. The Morgan fingerprint density at radius 1 is 0.920 bits per heavy atom. The fourth-order valence-electron chi connectivity index (χ4n) is 7.85. The Labute approximate surface area is 150 Å². The van der Waals surface area contributed by atoms with Crippen LogP contribution in [0.25, 0.3) is 0 Å². The molecule has 0 radical (unpaired) electrons. The lowest BCUT2D eigenvalue weighted by atomic mass is 9.46. The second kappa shape index (κ2) is 4.98. The Balaban J connectivity index is 1.49. The van der Waals surface area contributed by atoms with Gasteiger partial charge in [-0.2, -0.15) is 0 Å². The van der Waals surface area contributed by atoms with Gasteiger partial charge in [0.05, 0.1) is 0 Å². The van der Waals surface area contributed by atoms with Gasteiger partial charge in [-0.25, -0.2) is 0 Å². The Kier molecular flexibility index (Phi) is 3.21. The molecule has 0 amide bonds. The number of esters is 1. The van der Waals surface area contributed by atoms with Crippen molar-refractivity contribution in [3.63, 3.8) is 0 Å². The Bertz CT molecular complexity index is 679. The first-order chi connectivity index (χ1) is 11.9. The number of ether oxygens (including phenoxy) is 1. The molecule has 3 heteroatoms. The third kappa shape index (κ3) is 1.93. The minimum Gasteiger partial charge on any atom is -0.458 e. The van der Waals surface area contributed by atoms with Gasteiger partial charge >= 0.3 is 5.97 Å². The average Bonchev–Trinajstić information content (AvgIpc) is 3.10. The third-order valence-electron chi connectivity index (χ3n) is 9.29. The average molecular weight is 342 g/mol. The van der Waals surface area contributed by atoms with E-state index >= 15 is 0 Å². The van der Waals surface area contributed by atoms with Gasteiger partial charge in [0, 0.05) is 18.3 Å². The molecule has 1 aliphatic heterocycles. The summed E-state index contributed by atoms with van der Waals surface area (Å²) in [5.74, 6) is 2.51. The summed E-state index contributed by atoms with van der Waals surface area (Å²) < 4.78 is 6.01. The van der Waals surface area contributed by atoms with Gasteiger partial charge in [0.2, 0.25) is 0 Å². The molecule has 136 valence electrons. The molecule has 5 aliphatic rings. The van der Waals surface area contributed by atoms with Crippen molar-refractivity contribution in [2.45, 2.75) is 83.7 Å². The number of fused-ring (bicyclic) bond motifs is 6. The molecule has 1 heterocycles. The van der Waals surface area contributed by atoms with E-state index in [9.17, 15) is 9.59 Å². The zero-order valence-corrected chi connectivity index (χ0v) is 15.6. The van der Waals surface area contributed by atoms with Crippen LogP contribution in [0.3, 0.4) is 0 Å². The Morgan fingerprint density at radius 2 is 1.72 bits per heavy atom. The summed E-state index contributed by atoms with van der Waals surface area (Å²) in [4.78, 5) is 23.8. The molecule has 4 aliphatic carbocycles. The van der Waals surface area contributed by atoms with Crippen LogP contribution in [0.5, 0.6) is 0 Å². The van der Waals surface area contributed by atoms with Crippen molar-refractivity contribution >= 4 is 11.8 Å². The van der Waals surface area contributed by atoms with Crippen molar-refractivity contribution < 1.29 is 14.3 Å². The maximum Gasteiger partial charge on any atom is 0.306 e. The van der Waals surface area contributed by atoms with Gasteiger partial charge < -0.3 is 4.74 Å². The van der Waals surface area contributed by atoms with E-state index in [4.69, 9.17) is 4.74 Å². The van der Waals surface area contributed by atoms with Crippen LogP contribution in [-0.2, 0) is 14.3 Å². The zero-order chi connectivity index (χ0) is 17.4. The quantitative estimate of drug-likeness (QED) is 0.605. The molecule has 0 bridgehead atoms. The van der Waals surface area contributed by atoms with E-state index in [0.717, 1.165) is 38.0 Å². The molecule has 1 saturated heterocycles. The van der Waals surface area contributed by atoms with Crippen LogP contribution >= 0.6 is 0 Å². The Morgan fingerprint density at radius 3 is 2.48 bits per heavy atom. The Hall–Kier alpha value is -1.12. The molecule has 4 fully saturated rings. The summed E-state index contributed by atoms with van der Waals surface area (Å²) in [6, 6.07) is 0. The van der Waals surface area contributed by atoms with E-state index in [1.165, 1.54) is 31.3 Å². The molecule has 0 aromatic rings. The molecular weight excluding hydrogens is 312 g/mol. The first-order valence-electron chi connectivity index (χ1n) is 10.3. The topological polar surface area (TPSA) is 43.4 Å². The molecule has 6 atom stereocenters. The predicted molar refractivity (Wildman–Crippen MR) is 94.8 cm³/mol. The van der Waals surface area contributed by atoms with Gasteiger partial charge in [-0.3, -0.25) is 9.59 Å². The number of hydrogen-bond acceptors (Lipinski definition) is 3. The number of rotatable bonds is 0. The summed E-state index contributed by atoms with van der Waals surface area (Å²) in [6.45, 7) is 4.86. The van der Waals surface area contributed by atoms with E-state index in [2.05, 4.69) is 13.8 Å². The number of carbonyl (C=O) groups is 2. The number of allylic oxidation sites excluding steroid dienone is 1. The third-order valence-corrected chi connectivity index (χ3v) is 9.29. The van der Waals surface area contributed by atoms with Gasteiger partial charge in [-0.05, 0) is 80.6 Å². The second-order valence-corrected chi connectivity index (χ2v) is 9.93. The highest BCUT2D eigenvalue weighted by molar-refractivity contribution is 5.91. The summed E-state index contributed by atoms with van der Waals surface area (Å²) in [5, 5.41) is 0.